The number of piperidine rings is 1. The van der Waals surface area contributed by atoms with Crippen molar-refractivity contribution in [3.05, 3.63) is 59.7 Å². The minimum absolute atomic E-state index is 0.205. The smallest absolute Gasteiger partial charge is 0.256 e. The summed E-state index contributed by atoms with van der Waals surface area (Å²) in [6.07, 6.45) is 6.23. The molecule has 0 saturated carbocycles. The van der Waals surface area contributed by atoms with Crippen LogP contribution in [0.15, 0.2) is 48.5 Å². The highest BCUT2D eigenvalue weighted by molar-refractivity contribution is 7.92. The van der Waals surface area contributed by atoms with E-state index in [1.165, 1.54) is 18.7 Å². The first-order chi connectivity index (χ1) is 14.8. The Balaban J connectivity index is 1.57. The summed E-state index contributed by atoms with van der Waals surface area (Å²) in [5.41, 5.74) is 1.62. The molecule has 31 heavy (non-hydrogen) atoms. The molecule has 2 aliphatic rings. The van der Waals surface area contributed by atoms with Gasteiger partial charge in [0.15, 0.2) is 0 Å². The fraction of sp³-hybridized carbons (Fsp3) is 0.435. The monoisotopic (exact) mass is 443 g/mol. The van der Waals surface area contributed by atoms with Crippen molar-refractivity contribution in [1.82, 2.24) is 10.2 Å². The first-order valence-electron chi connectivity index (χ1n) is 10.6. The second-order valence-corrected chi connectivity index (χ2v) is 10.2. The van der Waals surface area contributed by atoms with Gasteiger partial charge in [0.05, 0.1) is 30.3 Å². The van der Waals surface area contributed by atoms with E-state index in [1.807, 2.05) is 18.2 Å². The minimum atomic E-state index is -3.42. The molecule has 166 valence electrons. The van der Waals surface area contributed by atoms with E-state index < -0.39 is 10.0 Å². The van der Waals surface area contributed by atoms with Gasteiger partial charge in [0, 0.05) is 18.7 Å². The Hall–Kier alpha value is -2.58. The van der Waals surface area contributed by atoms with Gasteiger partial charge >= 0.3 is 0 Å². The van der Waals surface area contributed by atoms with Crippen LogP contribution in [0.25, 0.3) is 0 Å². The van der Waals surface area contributed by atoms with Crippen LogP contribution in [-0.4, -0.2) is 44.3 Å². The van der Waals surface area contributed by atoms with Gasteiger partial charge in [-0.15, -0.1) is 0 Å². The number of nitrogens with zero attached hydrogens (tertiary/aromatic N) is 1. The molecule has 0 aliphatic carbocycles. The number of rotatable bonds is 7. The Labute approximate surface area is 183 Å². The molecule has 2 unspecified atom stereocenters. The van der Waals surface area contributed by atoms with Crippen molar-refractivity contribution in [2.75, 3.05) is 18.1 Å². The summed E-state index contributed by atoms with van der Waals surface area (Å²) in [5, 5.41) is 3.32. The summed E-state index contributed by atoms with van der Waals surface area (Å²) >= 11 is 0. The third-order valence-corrected chi connectivity index (χ3v) is 6.91. The van der Waals surface area contributed by atoms with Gasteiger partial charge in [-0.2, -0.15) is 0 Å². The van der Waals surface area contributed by atoms with E-state index in [0.29, 0.717) is 23.0 Å². The molecule has 2 N–H and O–H groups in total. The van der Waals surface area contributed by atoms with Crippen molar-refractivity contribution in [3.8, 4) is 5.75 Å². The van der Waals surface area contributed by atoms with Crippen LogP contribution in [0.3, 0.4) is 0 Å². The maximum atomic E-state index is 13.3. The van der Waals surface area contributed by atoms with Crippen molar-refractivity contribution < 1.29 is 17.9 Å². The predicted octanol–water partition coefficient (Wildman–Crippen LogP) is 3.34. The van der Waals surface area contributed by atoms with Crippen LogP contribution in [-0.2, 0) is 16.6 Å². The highest BCUT2D eigenvalue weighted by atomic mass is 32.2. The van der Waals surface area contributed by atoms with Gasteiger partial charge in [-0.3, -0.25) is 14.4 Å². The molecule has 8 heteroatoms. The standard InChI is InChI=1S/C23H29N3O4S/c1-30-21-15-18(25-31(2,28)29)10-11-20(21)22(27)24-23-13-6-9-19(12-14-23)26(23)16-17-7-4-3-5-8-17/h3-5,7-8,10-11,15,19,25H,6,9,12-14,16H2,1-2H3,(H,24,27). The second-order valence-electron chi connectivity index (χ2n) is 8.47. The molecular formula is C23H29N3O4S. The summed E-state index contributed by atoms with van der Waals surface area (Å²) in [6.45, 7) is 0.806. The quantitative estimate of drug-likeness (QED) is 0.685. The van der Waals surface area contributed by atoms with Crippen molar-refractivity contribution in [2.45, 2.75) is 50.4 Å². The van der Waals surface area contributed by atoms with E-state index in [4.69, 9.17) is 4.74 Å². The number of hydrogen-bond donors (Lipinski definition) is 2. The van der Waals surface area contributed by atoms with Crippen LogP contribution < -0.4 is 14.8 Å². The number of hydrogen-bond acceptors (Lipinski definition) is 5. The number of amides is 1. The van der Waals surface area contributed by atoms with Crippen LogP contribution in [0.1, 0.15) is 48.0 Å². The van der Waals surface area contributed by atoms with Gasteiger partial charge in [0.2, 0.25) is 10.0 Å². The van der Waals surface area contributed by atoms with E-state index in [2.05, 4.69) is 27.1 Å². The van der Waals surface area contributed by atoms with E-state index >= 15 is 0 Å². The molecule has 4 rings (SSSR count). The summed E-state index contributed by atoms with van der Waals surface area (Å²) in [4.78, 5) is 15.8. The lowest BCUT2D eigenvalue weighted by atomic mass is 9.95. The number of nitrogens with one attached hydrogen (secondary N) is 2. The van der Waals surface area contributed by atoms with Crippen LogP contribution in [0.2, 0.25) is 0 Å². The Kier molecular flexibility index (Phi) is 5.94. The van der Waals surface area contributed by atoms with Crippen molar-refractivity contribution >= 4 is 21.6 Å². The average Bonchev–Trinajstić information content (AvgIpc) is 2.91. The maximum absolute atomic E-state index is 13.3. The van der Waals surface area contributed by atoms with Crippen molar-refractivity contribution in [2.24, 2.45) is 0 Å². The van der Waals surface area contributed by atoms with Gasteiger partial charge in [-0.05, 0) is 49.8 Å². The van der Waals surface area contributed by atoms with Crippen molar-refractivity contribution in [1.29, 1.82) is 0 Å². The molecule has 0 radical (unpaired) electrons. The number of methoxy groups -OCH3 is 1. The molecular weight excluding hydrogens is 414 g/mol. The number of sulfonamides is 1. The van der Waals surface area contributed by atoms with Crippen LogP contribution in [0.5, 0.6) is 5.75 Å². The van der Waals surface area contributed by atoms with Gasteiger partial charge < -0.3 is 10.1 Å². The molecule has 0 aromatic heterocycles. The zero-order valence-electron chi connectivity index (χ0n) is 17.9. The Bertz CT molecular complexity index is 1050. The van der Waals surface area contributed by atoms with Crippen LogP contribution in [0, 0.1) is 0 Å². The number of fused-ring (bicyclic) bond motifs is 2. The first-order valence-corrected chi connectivity index (χ1v) is 12.5. The molecule has 2 heterocycles. The number of anilines is 1. The molecule has 0 spiro atoms. The normalized spacial score (nSPS) is 23.4. The summed E-state index contributed by atoms with van der Waals surface area (Å²) in [5.74, 6) is 0.130. The molecule has 7 nitrogen and oxygen atoms in total. The molecule has 2 saturated heterocycles. The predicted molar refractivity (Wildman–Crippen MR) is 121 cm³/mol. The third kappa shape index (κ3) is 4.70. The third-order valence-electron chi connectivity index (χ3n) is 6.30. The SMILES string of the molecule is COc1cc(NS(C)(=O)=O)ccc1C(=O)NC12CCCC(CC1)N2Cc1ccccc1. The minimum Gasteiger partial charge on any atom is -0.496 e. The Morgan fingerprint density at radius 2 is 1.94 bits per heavy atom. The number of ether oxygens (including phenoxy) is 1. The number of carbonyl (C=O) groups is 1. The zero-order valence-corrected chi connectivity index (χ0v) is 18.7. The van der Waals surface area contributed by atoms with E-state index in [-0.39, 0.29) is 11.6 Å². The van der Waals surface area contributed by atoms with E-state index in [0.717, 1.165) is 44.9 Å². The van der Waals surface area contributed by atoms with Gasteiger partial charge in [-0.25, -0.2) is 8.42 Å². The molecule has 2 fully saturated rings. The Morgan fingerprint density at radius 1 is 1.16 bits per heavy atom. The fourth-order valence-electron chi connectivity index (χ4n) is 4.95. The molecule has 2 aromatic rings. The first kappa shape index (κ1) is 21.6. The Morgan fingerprint density at radius 3 is 2.65 bits per heavy atom. The highest BCUT2D eigenvalue weighted by Gasteiger charge is 2.49. The number of benzene rings is 2. The molecule has 1 amide bonds. The lowest BCUT2D eigenvalue weighted by Crippen LogP contribution is -2.60. The molecule has 2 bridgehead atoms. The molecule has 2 atom stereocenters. The highest BCUT2D eigenvalue weighted by Crippen LogP contribution is 2.43. The van der Waals surface area contributed by atoms with Crippen molar-refractivity contribution in [3.63, 3.8) is 0 Å². The maximum Gasteiger partial charge on any atom is 0.256 e. The van der Waals surface area contributed by atoms with Crippen LogP contribution in [0.4, 0.5) is 5.69 Å². The van der Waals surface area contributed by atoms with Gasteiger partial charge in [-0.1, -0.05) is 30.3 Å². The summed E-state index contributed by atoms with van der Waals surface area (Å²) < 4.78 is 30.8. The van der Waals surface area contributed by atoms with Gasteiger partial charge in [0.25, 0.3) is 5.91 Å². The lowest BCUT2D eigenvalue weighted by Gasteiger charge is -2.45. The van der Waals surface area contributed by atoms with Crippen LogP contribution >= 0.6 is 0 Å². The topological polar surface area (TPSA) is 87.7 Å². The van der Waals surface area contributed by atoms with E-state index in [1.54, 1.807) is 12.1 Å². The lowest BCUT2D eigenvalue weighted by molar-refractivity contribution is 0.0184. The van der Waals surface area contributed by atoms with E-state index in [9.17, 15) is 13.2 Å². The molecule has 2 aliphatic heterocycles. The fourth-order valence-corrected chi connectivity index (χ4v) is 5.50. The largest absolute Gasteiger partial charge is 0.496 e. The molecule has 2 aromatic carbocycles. The van der Waals surface area contributed by atoms with Gasteiger partial charge in [0.1, 0.15) is 5.75 Å². The summed E-state index contributed by atoms with van der Waals surface area (Å²) in [7, 11) is -1.94. The zero-order chi connectivity index (χ0) is 22.1. The number of carbonyl (C=O) groups excluding carboxylic acids is 1. The average molecular weight is 444 g/mol. The second kappa shape index (κ2) is 8.51. The summed E-state index contributed by atoms with van der Waals surface area (Å²) in [6, 6.07) is 15.5.